The molecule has 34 heavy (non-hydrogen) atoms. The van der Waals surface area contributed by atoms with E-state index in [9.17, 15) is 9.59 Å². The number of aromatic nitrogens is 2. The van der Waals surface area contributed by atoms with Crippen molar-refractivity contribution in [2.75, 3.05) is 13.7 Å². The predicted octanol–water partition coefficient (Wildman–Crippen LogP) is 4.83. The number of para-hydroxylation sites is 1. The summed E-state index contributed by atoms with van der Waals surface area (Å²) in [5.74, 6) is -0.499. The lowest BCUT2D eigenvalue weighted by atomic mass is 10.2. The number of halogens is 2. The maximum absolute atomic E-state index is 13.3. The number of carboxylic acids is 1. The Kier molecular flexibility index (Phi) is 6.95. The third kappa shape index (κ3) is 4.66. The number of hydrogen-bond donors (Lipinski definition) is 1. The molecule has 1 heterocycles. The normalized spacial score (nSPS) is 11.1. The average molecular weight is 543 g/mol. The van der Waals surface area contributed by atoms with Gasteiger partial charge in [0.05, 0.1) is 24.2 Å². The van der Waals surface area contributed by atoms with E-state index in [-0.39, 0.29) is 22.1 Å². The molecule has 10 heteroatoms. The van der Waals surface area contributed by atoms with Crippen LogP contribution in [-0.2, 0) is 4.79 Å². The number of hydrogen-bond acceptors (Lipinski definition) is 6. The number of nitrogens with zero attached hydrogens (tertiary/aromatic N) is 3. The van der Waals surface area contributed by atoms with Crippen LogP contribution in [0.15, 0.2) is 75.0 Å². The molecule has 3 aromatic carbocycles. The van der Waals surface area contributed by atoms with Gasteiger partial charge in [0.1, 0.15) is 5.02 Å². The summed E-state index contributed by atoms with van der Waals surface area (Å²) in [6.07, 6.45) is 1.43. The standard InChI is InChI=1S/C24H17BrClN3O5/c1-33-18-11-15(20(25)21(26)22(18)34-13-19(30)31)12-27-29-23(14-7-3-2-4-8-14)28-17-10-6-5-9-16(17)24(29)32/h2-12H,13H2,1H3,(H,30,31). The Hall–Kier alpha value is -3.69. The minimum Gasteiger partial charge on any atom is -0.493 e. The van der Waals surface area contributed by atoms with Crippen molar-refractivity contribution in [3.63, 3.8) is 0 Å². The molecule has 0 radical (unpaired) electrons. The highest BCUT2D eigenvalue weighted by Gasteiger charge is 2.18. The van der Waals surface area contributed by atoms with Crippen LogP contribution in [0.2, 0.25) is 5.02 Å². The third-order valence-electron chi connectivity index (χ3n) is 4.81. The molecular weight excluding hydrogens is 526 g/mol. The Balaban J connectivity index is 1.86. The van der Waals surface area contributed by atoms with Crippen LogP contribution in [0, 0.1) is 0 Å². The van der Waals surface area contributed by atoms with Crippen LogP contribution in [0.5, 0.6) is 11.5 Å². The van der Waals surface area contributed by atoms with E-state index >= 15 is 0 Å². The summed E-state index contributed by atoms with van der Waals surface area (Å²) in [7, 11) is 1.40. The molecule has 0 aliphatic heterocycles. The maximum Gasteiger partial charge on any atom is 0.341 e. The van der Waals surface area contributed by atoms with Gasteiger partial charge in [0.15, 0.2) is 23.9 Å². The predicted molar refractivity (Wildman–Crippen MR) is 133 cm³/mol. The van der Waals surface area contributed by atoms with Crippen molar-refractivity contribution in [3.8, 4) is 22.9 Å². The molecule has 1 aromatic heterocycles. The molecule has 4 aromatic rings. The minimum absolute atomic E-state index is 0.0742. The molecule has 4 rings (SSSR count). The highest BCUT2D eigenvalue weighted by Crippen LogP contribution is 2.42. The van der Waals surface area contributed by atoms with Gasteiger partial charge < -0.3 is 14.6 Å². The van der Waals surface area contributed by atoms with Gasteiger partial charge in [-0.25, -0.2) is 9.78 Å². The lowest BCUT2D eigenvalue weighted by Crippen LogP contribution is -2.20. The number of rotatable bonds is 7. The van der Waals surface area contributed by atoms with Gasteiger partial charge in [-0.2, -0.15) is 9.78 Å². The van der Waals surface area contributed by atoms with E-state index in [1.165, 1.54) is 18.0 Å². The molecule has 0 bridgehead atoms. The maximum atomic E-state index is 13.3. The zero-order valence-corrected chi connectivity index (χ0v) is 20.1. The van der Waals surface area contributed by atoms with Gasteiger partial charge in [0.2, 0.25) is 0 Å². The van der Waals surface area contributed by atoms with E-state index < -0.39 is 12.6 Å². The Morgan fingerprint density at radius 2 is 1.91 bits per heavy atom. The second-order valence-corrected chi connectivity index (χ2v) is 8.16. The van der Waals surface area contributed by atoms with E-state index in [1.807, 2.05) is 36.4 Å². The van der Waals surface area contributed by atoms with Gasteiger partial charge in [-0.05, 0) is 34.1 Å². The topological polar surface area (TPSA) is 103 Å². The molecule has 0 fully saturated rings. The fourth-order valence-corrected chi connectivity index (χ4v) is 3.90. The molecule has 0 saturated heterocycles. The van der Waals surface area contributed by atoms with Crippen molar-refractivity contribution in [1.29, 1.82) is 0 Å². The molecule has 0 amide bonds. The molecule has 0 aliphatic carbocycles. The number of carbonyl (C=O) groups is 1. The fraction of sp³-hybridized carbons (Fsp3) is 0.0833. The molecule has 1 N–H and O–H groups in total. The van der Waals surface area contributed by atoms with Crippen LogP contribution in [0.25, 0.3) is 22.3 Å². The van der Waals surface area contributed by atoms with Gasteiger partial charge in [0.25, 0.3) is 5.56 Å². The molecule has 0 saturated carbocycles. The number of aliphatic carboxylic acids is 1. The summed E-state index contributed by atoms with van der Waals surface area (Å²) < 4.78 is 12.2. The monoisotopic (exact) mass is 541 g/mol. The van der Waals surface area contributed by atoms with Gasteiger partial charge in [-0.3, -0.25) is 4.79 Å². The average Bonchev–Trinajstić information content (AvgIpc) is 2.85. The summed E-state index contributed by atoms with van der Waals surface area (Å²) in [6, 6.07) is 17.9. The summed E-state index contributed by atoms with van der Waals surface area (Å²) in [5.41, 5.74) is 1.41. The van der Waals surface area contributed by atoms with E-state index in [0.717, 1.165) is 5.56 Å². The first kappa shape index (κ1) is 23.5. The van der Waals surface area contributed by atoms with Crippen molar-refractivity contribution >= 4 is 50.6 Å². The summed E-state index contributed by atoms with van der Waals surface area (Å²) >= 11 is 9.78. The number of methoxy groups -OCH3 is 1. The number of ether oxygens (including phenoxy) is 2. The summed E-state index contributed by atoms with van der Waals surface area (Å²) in [6.45, 7) is -0.589. The molecule has 0 unspecified atom stereocenters. The van der Waals surface area contributed by atoms with Crippen molar-refractivity contribution < 1.29 is 19.4 Å². The van der Waals surface area contributed by atoms with E-state index in [2.05, 4.69) is 26.0 Å². The Bertz CT molecular complexity index is 1470. The first-order valence-corrected chi connectivity index (χ1v) is 11.1. The molecule has 0 aliphatic rings. The van der Waals surface area contributed by atoms with E-state index in [0.29, 0.717) is 26.8 Å². The quantitative estimate of drug-likeness (QED) is 0.336. The number of benzene rings is 3. The van der Waals surface area contributed by atoms with Crippen LogP contribution in [0.1, 0.15) is 5.56 Å². The van der Waals surface area contributed by atoms with Crippen molar-refractivity contribution in [1.82, 2.24) is 9.66 Å². The van der Waals surface area contributed by atoms with Crippen LogP contribution in [0.4, 0.5) is 0 Å². The SMILES string of the molecule is COc1cc(C=Nn2c(-c3ccccc3)nc3ccccc3c2=O)c(Br)c(Cl)c1OCC(=O)O. The number of fused-ring (bicyclic) bond motifs is 1. The second kappa shape index (κ2) is 10.1. The first-order valence-electron chi connectivity index (χ1n) is 9.93. The molecular formula is C24H17BrClN3O5. The highest BCUT2D eigenvalue weighted by molar-refractivity contribution is 9.10. The van der Waals surface area contributed by atoms with Gasteiger partial charge in [-0.1, -0.05) is 54.1 Å². The van der Waals surface area contributed by atoms with Gasteiger partial charge in [-0.15, -0.1) is 0 Å². The minimum atomic E-state index is -1.16. The molecule has 8 nitrogen and oxygen atoms in total. The summed E-state index contributed by atoms with van der Waals surface area (Å²) in [4.78, 5) is 28.8. The van der Waals surface area contributed by atoms with Crippen molar-refractivity contribution in [2.45, 2.75) is 0 Å². The highest BCUT2D eigenvalue weighted by atomic mass is 79.9. The lowest BCUT2D eigenvalue weighted by molar-refractivity contribution is -0.139. The van der Waals surface area contributed by atoms with Crippen LogP contribution >= 0.6 is 27.5 Å². The van der Waals surface area contributed by atoms with Crippen molar-refractivity contribution in [2.24, 2.45) is 5.10 Å². The molecule has 0 spiro atoms. The van der Waals surface area contributed by atoms with Crippen LogP contribution in [-0.4, -0.2) is 40.7 Å². The van der Waals surface area contributed by atoms with Gasteiger partial charge in [0, 0.05) is 15.6 Å². The zero-order valence-electron chi connectivity index (χ0n) is 17.7. The zero-order chi connectivity index (χ0) is 24.2. The van der Waals surface area contributed by atoms with Crippen LogP contribution < -0.4 is 15.0 Å². The number of carboxylic acid groups (broad SMARTS) is 1. The Labute approximate surface area is 207 Å². The smallest absolute Gasteiger partial charge is 0.341 e. The fourth-order valence-electron chi connectivity index (χ4n) is 3.24. The Morgan fingerprint density at radius 1 is 1.21 bits per heavy atom. The molecule has 172 valence electrons. The van der Waals surface area contributed by atoms with Crippen molar-refractivity contribution in [3.05, 3.63) is 86.1 Å². The lowest BCUT2D eigenvalue weighted by Gasteiger charge is -2.14. The first-order chi connectivity index (χ1) is 16.4. The second-order valence-electron chi connectivity index (χ2n) is 6.99. The summed E-state index contributed by atoms with van der Waals surface area (Å²) in [5, 5.41) is 13.9. The third-order valence-corrected chi connectivity index (χ3v) is 6.26. The van der Waals surface area contributed by atoms with Gasteiger partial charge >= 0.3 is 5.97 Å². The van der Waals surface area contributed by atoms with Crippen LogP contribution in [0.3, 0.4) is 0 Å². The largest absolute Gasteiger partial charge is 0.493 e. The van der Waals surface area contributed by atoms with E-state index in [1.54, 1.807) is 24.3 Å². The Morgan fingerprint density at radius 3 is 2.62 bits per heavy atom. The van der Waals surface area contributed by atoms with E-state index in [4.69, 9.17) is 26.2 Å². The molecule has 0 atom stereocenters.